The summed E-state index contributed by atoms with van der Waals surface area (Å²) in [6, 6.07) is 10.9. The first kappa shape index (κ1) is 14.6. The Morgan fingerprint density at radius 1 is 1.32 bits per heavy atom. The van der Waals surface area contributed by atoms with E-state index in [2.05, 4.69) is 10.3 Å². The molecule has 0 bridgehead atoms. The van der Waals surface area contributed by atoms with Gasteiger partial charge in [0.2, 0.25) is 5.91 Å². The Kier molecular flexibility index (Phi) is 3.64. The van der Waals surface area contributed by atoms with Gasteiger partial charge >= 0.3 is 0 Å². The van der Waals surface area contributed by atoms with Crippen LogP contribution >= 0.6 is 0 Å². The highest BCUT2D eigenvalue weighted by Crippen LogP contribution is 2.43. The molecule has 22 heavy (non-hydrogen) atoms. The molecule has 1 heterocycles. The van der Waals surface area contributed by atoms with Gasteiger partial charge in [0, 0.05) is 23.9 Å². The largest absolute Gasteiger partial charge is 0.326 e. The molecule has 0 radical (unpaired) electrons. The van der Waals surface area contributed by atoms with E-state index in [-0.39, 0.29) is 12.8 Å². The Morgan fingerprint density at radius 2 is 2.14 bits per heavy atom. The Hall–Kier alpha value is -2.30. The highest BCUT2D eigenvalue weighted by atomic mass is 19.3. The third-order valence-corrected chi connectivity index (χ3v) is 4.04. The van der Waals surface area contributed by atoms with Crippen molar-refractivity contribution in [2.24, 2.45) is 5.92 Å². The average molecular weight is 302 g/mol. The number of carbonyl (C=O) groups excluding carboxylic acids is 1. The first-order chi connectivity index (χ1) is 10.5. The molecule has 1 aliphatic carbocycles. The third-order valence-electron chi connectivity index (χ3n) is 4.04. The van der Waals surface area contributed by atoms with E-state index in [4.69, 9.17) is 0 Å². The van der Waals surface area contributed by atoms with Crippen molar-refractivity contribution < 1.29 is 13.6 Å². The second-order valence-electron chi connectivity index (χ2n) is 5.59. The Balaban J connectivity index is 1.82. The molecule has 1 saturated carbocycles. The lowest BCUT2D eigenvalue weighted by atomic mass is 9.80. The van der Waals surface area contributed by atoms with Crippen LogP contribution in [0.2, 0.25) is 0 Å². The van der Waals surface area contributed by atoms with E-state index in [1.54, 1.807) is 18.3 Å². The predicted molar refractivity (Wildman–Crippen MR) is 80.7 cm³/mol. The number of aromatic nitrogens is 1. The van der Waals surface area contributed by atoms with Gasteiger partial charge in [-0.3, -0.25) is 9.78 Å². The van der Waals surface area contributed by atoms with Crippen LogP contribution in [0.15, 0.2) is 42.6 Å². The highest BCUT2D eigenvalue weighted by molar-refractivity contribution is 5.94. The topological polar surface area (TPSA) is 42.0 Å². The monoisotopic (exact) mass is 302 g/mol. The van der Waals surface area contributed by atoms with Gasteiger partial charge in [-0.05, 0) is 43.2 Å². The van der Waals surface area contributed by atoms with Crippen molar-refractivity contribution >= 4 is 11.6 Å². The molecule has 1 N–H and O–H groups in total. The number of carbonyl (C=O) groups is 1. The molecule has 114 valence electrons. The molecule has 0 aliphatic heterocycles. The van der Waals surface area contributed by atoms with Gasteiger partial charge in [-0.15, -0.1) is 0 Å². The van der Waals surface area contributed by atoms with Gasteiger partial charge in [0.25, 0.3) is 5.92 Å². The van der Waals surface area contributed by atoms with Gasteiger partial charge in [0.05, 0.1) is 5.69 Å². The molecule has 1 aromatic carbocycles. The van der Waals surface area contributed by atoms with Crippen molar-refractivity contribution in [2.75, 3.05) is 5.32 Å². The van der Waals surface area contributed by atoms with Crippen LogP contribution in [0, 0.1) is 12.8 Å². The lowest BCUT2D eigenvalue weighted by Gasteiger charge is -2.34. The zero-order chi connectivity index (χ0) is 15.7. The quantitative estimate of drug-likeness (QED) is 0.929. The number of aryl methyl sites for hydroxylation is 1. The van der Waals surface area contributed by atoms with Gasteiger partial charge in [-0.25, -0.2) is 8.78 Å². The molecule has 1 fully saturated rings. The van der Waals surface area contributed by atoms with Gasteiger partial charge in [-0.1, -0.05) is 12.1 Å². The maximum atomic E-state index is 13.3. The molecular weight excluding hydrogens is 286 g/mol. The number of rotatable bonds is 3. The predicted octanol–water partition coefficient (Wildman–Crippen LogP) is 4.04. The molecule has 0 spiro atoms. The van der Waals surface area contributed by atoms with E-state index in [0.29, 0.717) is 5.69 Å². The van der Waals surface area contributed by atoms with E-state index in [9.17, 15) is 13.6 Å². The summed E-state index contributed by atoms with van der Waals surface area (Å²) in [5.74, 6) is -4.71. The van der Waals surface area contributed by atoms with Gasteiger partial charge in [0.15, 0.2) is 0 Å². The van der Waals surface area contributed by atoms with Crippen LogP contribution in [0.4, 0.5) is 14.5 Å². The molecule has 1 amide bonds. The SMILES string of the molecule is Cc1ccc(NC(=O)C2CCC2(F)F)cc1-c1ccccn1. The van der Waals surface area contributed by atoms with Gasteiger partial charge in [0.1, 0.15) is 5.92 Å². The maximum absolute atomic E-state index is 13.3. The zero-order valence-corrected chi connectivity index (χ0v) is 12.1. The minimum Gasteiger partial charge on any atom is -0.326 e. The molecule has 1 aromatic heterocycles. The molecule has 0 saturated heterocycles. The van der Waals surface area contributed by atoms with E-state index in [1.807, 2.05) is 31.2 Å². The number of anilines is 1. The molecule has 3 rings (SSSR count). The second kappa shape index (κ2) is 5.48. The van der Waals surface area contributed by atoms with Crippen LogP contribution in [-0.2, 0) is 4.79 Å². The number of benzene rings is 1. The molecular formula is C17H16F2N2O. The number of alkyl halides is 2. The molecule has 5 heteroatoms. The fraction of sp³-hybridized carbons (Fsp3) is 0.294. The second-order valence-corrected chi connectivity index (χ2v) is 5.59. The molecule has 1 atom stereocenters. The summed E-state index contributed by atoms with van der Waals surface area (Å²) in [6.07, 6.45) is 1.71. The van der Waals surface area contributed by atoms with Crippen molar-refractivity contribution in [3.05, 3.63) is 48.2 Å². The van der Waals surface area contributed by atoms with Crippen LogP contribution in [0.3, 0.4) is 0 Å². The van der Waals surface area contributed by atoms with Crippen LogP contribution in [0.25, 0.3) is 11.3 Å². The van der Waals surface area contributed by atoms with Crippen molar-refractivity contribution in [3.8, 4) is 11.3 Å². The lowest BCUT2D eigenvalue weighted by molar-refractivity contribution is -0.157. The van der Waals surface area contributed by atoms with Crippen LogP contribution in [-0.4, -0.2) is 16.8 Å². The minimum atomic E-state index is -2.88. The van der Waals surface area contributed by atoms with Crippen molar-refractivity contribution in [1.82, 2.24) is 4.98 Å². The van der Waals surface area contributed by atoms with Crippen molar-refractivity contribution in [2.45, 2.75) is 25.7 Å². The minimum absolute atomic E-state index is 0.210. The van der Waals surface area contributed by atoms with Crippen LogP contribution in [0.5, 0.6) is 0 Å². The number of hydrogen-bond donors (Lipinski definition) is 1. The maximum Gasteiger partial charge on any atom is 0.259 e. The first-order valence-corrected chi connectivity index (χ1v) is 7.18. The Morgan fingerprint density at radius 3 is 2.73 bits per heavy atom. The van der Waals surface area contributed by atoms with Gasteiger partial charge in [-0.2, -0.15) is 0 Å². The Labute approximate surface area is 127 Å². The number of hydrogen-bond acceptors (Lipinski definition) is 2. The van der Waals surface area contributed by atoms with Gasteiger partial charge < -0.3 is 5.32 Å². The summed E-state index contributed by atoms with van der Waals surface area (Å²) < 4.78 is 26.6. The van der Waals surface area contributed by atoms with E-state index >= 15 is 0 Å². The smallest absolute Gasteiger partial charge is 0.259 e. The number of nitrogens with zero attached hydrogens (tertiary/aromatic N) is 1. The van der Waals surface area contributed by atoms with Crippen LogP contribution < -0.4 is 5.32 Å². The van der Waals surface area contributed by atoms with Crippen molar-refractivity contribution in [1.29, 1.82) is 0 Å². The summed E-state index contributed by atoms with van der Waals surface area (Å²) in [6.45, 7) is 1.94. The fourth-order valence-electron chi connectivity index (χ4n) is 2.56. The number of halogens is 2. The third kappa shape index (κ3) is 2.71. The van der Waals surface area contributed by atoms with E-state index in [1.165, 1.54) is 0 Å². The Bertz CT molecular complexity index is 701. The summed E-state index contributed by atoms with van der Waals surface area (Å²) in [5.41, 5.74) is 3.17. The molecule has 1 aliphatic rings. The molecule has 2 aromatic rings. The fourth-order valence-corrected chi connectivity index (χ4v) is 2.56. The lowest BCUT2D eigenvalue weighted by Crippen LogP contribution is -2.46. The number of pyridine rings is 1. The molecule has 3 nitrogen and oxygen atoms in total. The van der Waals surface area contributed by atoms with Crippen LogP contribution in [0.1, 0.15) is 18.4 Å². The highest BCUT2D eigenvalue weighted by Gasteiger charge is 2.52. The first-order valence-electron chi connectivity index (χ1n) is 7.18. The zero-order valence-electron chi connectivity index (χ0n) is 12.1. The normalized spacial score (nSPS) is 19.3. The summed E-state index contributed by atoms with van der Waals surface area (Å²) in [5, 5.41) is 2.59. The molecule has 1 unspecified atom stereocenters. The number of amides is 1. The summed E-state index contributed by atoms with van der Waals surface area (Å²) in [7, 11) is 0. The van der Waals surface area contributed by atoms with E-state index < -0.39 is 17.7 Å². The average Bonchev–Trinajstić information content (AvgIpc) is 2.49. The summed E-state index contributed by atoms with van der Waals surface area (Å²) >= 11 is 0. The standard InChI is InChI=1S/C17H16F2N2O/c1-11-5-6-12(10-13(11)15-4-2-3-9-20-15)21-16(22)14-7-8-17(14,18)19/h2-6,9-10,14H,7-8H2,1H3,(H,21,22). The summed E-state index contributed by atoms with van der Waals surface area (Å²) in [4.78, 5) is 16.2. The van der Waals surface area contributed by atoms with Crippen molar-refractivity contribution in [3.63, 3.8) is 0 Å². The number of nitrogens with one attached hydrogen (secondary N) is 1. The van der Waals surface area contributed by atoms with E-state index in [0.717, 1.165) is 16.8 Å².